The van der Waals surface area contributed by atoms with Crippen LogP contribution in [0.2, 0.25) is 0 Å². The topological polar surface area (TPSA) is 110 Å². The summed E-state index contributed by atoms with van der Waals surface area (Å²) in [5.41, 5.74) is 1.34. The number of nitrogens with zero attached hydrogens (tertiary/aromatic N) is 4. The zero-order valence-corrected chi connectivity index (χ0v) is 20.9. The zero-order chi connectivity index (χ0) is 21.6. The van der Waals surface area contributed by atoms with Gasteiger partial charge < -0.3 is 24.2 Å². The first-order chi connectivity index (χ1) is 14.5. The molecule has 1 aliphatic heterocycles. The Labute approximate surface area is 199 Å². The number of rotatable bonds is 7. The number of guanidine groups is 1. The molecule has 2 aromatic rings. The maximum Gasteiger partial charge on any atom is 0.220 e. The number of hydrogen-bond acceptors (Lipinski definition) is 7. The number of piperazine rings is 1. The molecule has 0 unspecified atom stereocenters. The summed E-state index contributed by atoms with van der Waals surface area (Å²) in [6.07, 6.45) is 1.37. The van der Waals surface area contributed by atoms with E-state index in [2.05, 4.69) is 15.5 Å². The summed E-state index contributed by atoms with van der Waals surface area (Å²) in [6.45, 7) is 2.32. The van der Waals surface area contributed by atoms with Crippen LogP contribution in [0.15, 0.2) is 40.0 Å². The van der Waals surface area contributed by atoms with Crippen LogP contribution in [0, 0.1) is 0 Å². The average molecular weight is 565 g/mol. The number of methoxy groups -OCH3 is 2. The van der Waals surface area contributed by atoms with Crippen molar-refractivity contribution in [3.05, 3.63) is 41.8 Å². The van der Waals surface area contributed by atoms with Gasteiger partial charge >= 0.3 is 0 Å². The van der Waals surface area contributed by atoms with E-state index >= 15 is 0 Å². The summed E-state index contributed by atoms with van der Waals surface area (Å²) < 4.78 is 42.2. The lowest BCUT2D eigenvalue weighted by molar-refractivity contribution is 0.259. The Balaban J connectivity index is 0.00000341. The van der Waals surface area contributed by atoms with Gasteiger partial charge in [0.05, 0.1) is 19.9 Å². The first kappa shape index (κ1) is 25.2. The highest BCUT2D eigenvalue weighted by atomic mass is 127. The van der Waals surface area contributed by atoms with Gasteiger partial charge in [-0.05, 0) is 6.07 Å². The predicted molar refractivity (Wildman–Crippen MR) is 127 cm³/mol. The molecule has 1 aliphatic rings. The lowest BCUT2D eigenvalue weighted by atomic mass is 10.2. The van der Waals surface area contributed by atoms with Crippen molar-refractivity contribution in [2.75, 3.05) is 47.4 Å². The highest BCUT2D eigenvalue weighted by Crippen LogP contribution is 2.30. The number of aromatic nitrogens is 1. The van der Waals surface area contributed by atoms with Gasteiger partial charge in [0.2, 0.25) is 10.0 Å². The standard InChI is InChI=1S/C19H27N5O5S.HI/c1-20-19(21-13-15-5-4-6-17(27-2)18(15)28-3)23-8-10-24(11-9-23)30(25,26)14-16-7-12-29-22-16;/h4-7,12H,8-11,13-14H2,1-3H3,(H,20,21);1H. The molecule has 0 saturated carbocycles. The molecule has 1 fully saturated rings. The van der Waals surface area contributed by atoms with Crippen LogP contribution in [0.25, 0.3) is 0 Å². The van der Waals surface area contributed by atoms with E-state index in [-0.39, 0.29) is 29.7 Å². The Kier molecular flexibility index (Phi) is 9.37. The normalized spacial score (nSPS) is 15.3. The highest BCUT2D eigenvalue weighted by Gasteiger charge is 2.29. The third-order valence-electron chi connectivity index (χ3n) is 4.89. The zero-order valence-electron chi connectivity index (χ0n) is 17.8. The molecule has 1 aromatic heterocycles. The molecule has 1 saturated heterocycles. The van der Waals surface area contributed by atoms with Crippen LogP contribution in [-0.4, -0.2) is 76.2 Å². The quantitative estimate of drug-likeness (QED) is 0.306. The molecule has 12 heteroatoms. The van der Waals surface area contributed by atoms with Gasteiger partial charge in [-0.1, -0.05) is 17.3 Å². The van der Waals surface area contributed by atoms with Crippen LogP contribution in [0.4, 0.5) is 0 Å². The fourth-order valence-corrected chi connectivity index (χ4v) is 4.79. The van der Waals surface area contributed by atoms with Gasteiger partial charge in [0.25, 0.3) is 0 Å². The van der Waals surface area contributed by atoms with Crippen LogP contribution >= 0.6 is 24.0 Å². The Bertz CT molecular complexity index is 960. The fraction of sp³-hybridized carbons (Fsp3) is 0.474. The molecule has 1 aromatic carbocycles. The second-order valence-electron chi connectivity index (χ2n) is 6.69. The monoisotopic (exact) mass is 565 g/mol. The number of para-hydroxylation sites is 1. The van der Waals surface area contributed by atoms with E-state index in [4.69, 9.17) is 14.0 Å². The third kappa shape index (κ3) is 6.23. The van der Waals surface area contributed by atoms with E-state index in [0.717, 1.165) is 5.56 Å². The van der Waals surface area contributed by atoms with Crippen LogP contribution in [-0.2, 0) is 22.3 Å². The lowest BCUT2D eigenvalue weighted by Crippen LogP contribution is -2.53. The molecule has 172 valence electrons. The fourth-order valence-electron chi connectivity index (χ4n) is 3.37. The number of ether oxygens (including phenoxy) is 2. The first-order valence-corrected chi connectivity index (χ1v) is 11.1. The molecule has 31 heavy (non-hydrogen) atoms. The number of halogens is 1. The van der Waals surface area contributed by atoms with E-state index in [1.807, 2.05) is 23.1 Å². The molecule has 2 heterocycles. The van der Waals surface area contributed by atoms with E-state index in [9.17, 15) is 8.42 Å². The minimum absolute atomic E-state index is 0. The van der Waals surface area contributed by atoms with Gasteiger partial charge in [-0.25, -0.2) is 8.42 Å². The van der Waals surface area contributed by atoms with E-state index < -0.39 is 10.0 Å². The number of sulfonamides is 1. The Morgan fingerprint density at radius 1 is 1.19 bits per heavy atom. The summed E-state index contributed by atoms with van der Waals surface area (Å²) >= 11 is 0. The van der Waals surface area contributed by atoms with Crippen LogP contribution < -0.4 is 14.8 Å². The highest BCUT2D eigenvalue weighted by molar-refractivity contribution is 14.0. The average Bonchev–Trinajstić information content (AvgIpc) is 3.26. The largest absolute Gasteiger partial charge is 0.493 e. The molecule has 0 aliphatic carbocycles. The van der Waals surface area contributed by atoms with Gasteiger partial charge in [0, 0.05) is 51.4 Å². The van der Waals surface area contributed by atoms with Gasteiger partial charge in [-0.2, -0.15) is 4.31 Å². The maximum absolute atomic E-state index is 12.6. The molecular formula is C19H28IN5O5S. The molecule has 0 spiro atoms. The molecule has 10 nitrogen and oxygen atoms in total. The third-order valence-corrected chi connectivity index (χ3v) is 6.70. The first-order valence-electron chi connectivity index (χ1n) is 9.51. The Morgan fingerprint density at radius 3 is 2.52 bits per heavy atom. The van der Waals surface area contributed by atoms with E-state index in [1.165, 1.54) is 10.6 Å². The number of nitrogens with one attached hydrogen (secondary N) is 1. The summed E-state index contributed by atoms with van der Waals surface area (Å²) in [5.74, 6) is 1.88. The van der Waals surface area contributed by atoms with Crippen molar-refractivity contribution >= 4 is 40.0 Å². The van der Waals surface area contributed by atoms with Crippen molar-refractivity contribution in [2.24, 2.45) is 4.99 Å². The summed E-state index contributed by atoms with van der Waals surface area (Å²) in [7, 11) is 1.47. The molecule has 0 atom stereocenters. The van der Waals surface area contributed by atoms with Crippen molar-refractivity contribution < 1.29 is 22.4 Å². The molecular weight excluding hydrogens is 537 g/mol. The van der Waals surface area contributed by atoms with Crippen LogP contribution in [0.3, 0.4) is 0 Å². The van der Waals surface area contributed by atoms with Crippen molar-refractivity contribution in [2.45, 2.75) is 12.3 Å². The molecule has 3 rings (SSSR count). The SMILES string of the molecule is CN=C(NCc1cccc(OC)c1OC)N1CCN(S(=O)(=O)Cc2ccon2)CC1.I. The number of benzene rings is 1. The van der Waals surface area contributed by atoms with E-state index in [1.54, 1.807) is 27.3 Å². The van der Waals surface area contributed by atoms with Crippen LogP contribution in [0.5, 0.6) is 11.5 Å². The van der Waals surface area contributed by atoms with Crippen molar-refractivity contribution in [1.82, 2.24) is 19.7 Å². The smallest absolute Gasteiger partial charge is 0.220 e. The molecule has 0 amide bonds. The molecule has 0 radical (unpaired) electrons. The predicted octanol–water partition coefficient (Wildman–Crippen LogP) is 1.53. The van der Waals surface area contributed by atoms with Gasteiger partial charge in [-0.15, -0.1) is 24.0 Å². The summed E-state index contributed by atoms with van der Waals surface area (Å²) in [6, 6.07) is 7.26. The lowest BCUT2D eigenvalue weighted by Gasteiger charge is -2.35. The second-order valence-corrected chi connectivity index (χ2v) is 8.66. The van der Waals surface area contributed by atoms with Crippen molar-refractivity contribution in [3.8, 4) is 11.5 Å². The summed E-state index contributed by atoms with van der Waals surface area (Å²) in [4.78, 5) is 6.38. The minimum atomic E-state index is -3.44. The van der Waals surface area contributed by atoms with Gasteiger partial charge in [0.1, 0.15) is 12.0 Å². The second kappa shape index (κ2) is 11.5. The summed E-state index contributed by atoms with van der Waals surface area (Å²) in [5, 5.41) is 7.01. The molecule has 0 bridgehead atoms. The Morgan fingerprint density at radius 2 is 1.94 bits per heavy atom. The van der Waals surface area contributed by atoms with Crippen LogP contribution in [0.1, 0.15) is 11.3 Å². The van der Waals surface area contributed by atoms with E-state index in [0.29, 0.717) is 55.9 Å². The number of hydrogen-bond donors (Lipinski definition) is 1. The van der Waals surface area contributed by atoms with Gasteiger partial charge in [0.15, 0.2) is 17.5 Å². The minimum Gasteiger partial charge on any atom is -0.493 e. The molecule has 1 N–H and O–H groups in total. The Hall–Kier alpha value is -2.06. The van der Waals surface area contributed by atoms with Crippen molar-refractivity contribution in [1.29, 1.82) is 0 Å². The maximum atomic E-state index is 12.6. The van der Waals surface area contributed by atoms with Gasteiger partial charge in [-0.3, -0.25) is 4.99 Å². The number of aliphatic imine (C=N–C) groups is 1. The van der Waals surface area contributed by atoms with Crippen molar-refractivity contribution in [3.63, 3.8) is 0 Å².